The molecule has 1 heterocycles. The van der Waals surface area contributed by atoms with Crippen LogP contribution in [0.15, 0.2) is 53.4 Å². The molecule has 2 aromatic rings. The van der Waals surface area contributed by atoms with Crippen molar-refractivity contribution >= 4 is 40.9 Å². The molecule has 6 heteroatoms. The zero-order chi connectivity index (χ0) is 17.1. The number of halogens is 1. The van der Waals surface area contributed by atoms with Crippen LogP contribution < -0.4 is 10.6 Å². The number of benzene rings is 2. The zero-order valence-corrected chi connectivity index (χ0v) is 14.7. The van der Waals surface area contributed by atoms with Crippen LogP contribution in [0, 0.1) is 0 Å². The van der Waals surface area contributed by atoms with Crippen LogP contribution >= 0.6 is 23.4 Å². The number of nitrogens with one attached hydrogen (secondary N) is 2. The van der Waals surface area contributed by atoms with E-state index in [-0.39, 0.29) is 24.3 Å². The summed E-state index contributed by atoms with van der Waals surface area (Å²) in [6, 6.07) is 14.8. The molecule has 24 heavy (non-hydrogen) atoms. The lowest BCUT2D eigenvalue weighted by Gasteiger charge is -2.24. The van der Waals surface area contributed by atoms with Crippen LogP contribution in [-0.4, -0.2) is 17.1 Å². The maximum atomic E-state index is 12.3. The summed E-state index contributed by atoms with van der Waals surface area (Å²) in [6.07, 6.45) is 0.135. The molecule has 0 aromatic heterocycles. The highest BCUT2D eigenvalue weighted by Gasteiger charge is 2.29. The highest BCUT2D eigenvalue weighted by Crippen LogP contribution is 2.36. The van der Waals surface area contributed by atoms with Crippen LogP contribution in [0.3, 0.4) is 0 Å². The summed E-state index contributed by atoms with van der Waals surface area (Å²) in [5.74, 6) is -0.293. The van der Waals surface area contributed by atoms with E-state index < -0.39 is 5.25 Å². The smallest absolute Gasteiger partial charge is 0.238 e. The number of para-hydroxylation sites is 1. The van der Waals surface area contributed by atoms with Crippen molar-refractivity contribution in [1.29, 1.82) is 0 Å². The van der Waals surface area contributed by atoms with Gasteiger partial charge in [-0.25, -0.2) is 0 Å². The van der Waals surface area contributed by atoms with Gasteiger partial charge in [0, 0.05) is 16.3 Å². The van der Waals surface area contributed by atoms with Gasteiger partial charge in [0.15, 0.2) is 0 Å². The first kappa shape index (κ1) is 16.9. The minimum Gasteiger partial charge on any atom is -0.350 e. The van der Waals surface area contributed by atoms with E-state index in [4.69, 9.17) is 11.6 Å². The fraction of sp³-hybridized carbons (Fsp3) is 0.222. The first-order valence-corrected chi connectivity index (χ1v) is 8.90. The average molecular weight is 361 g/mol. The van der Waals surface area contributed by atoms with E-state index in [0.717, 1.165) is 16.1 Å². The van der Waals surface area contributed by atoms with Crippen molar-refractivity contribution in [3.8, 4) is 0 Å². The van der Waals surface area contributed by atoms with Crippen LogP contribution in [0.5, 0.6) is 0 Å². The zero-order valence-electron chi connectivity index (χ0n) is 13.1. The summed E-state index contributed by atoms with van der Waals surface area (Å²) < 4.78 is 0. The molecular formula is C18H17ClN2O2S. The van der Waals surface area contributed by atoms with Crippen LogP contribution in [-0.2, 0) is 9.59 Å². The van der Waals surface area contributed by atoms with E-state index in [1.165, 1.54) is 11.8 Å². The van der Waals surface area contributed by atoms with Crippen LogP contribution in [0.1, 0.15) is 24.9 Å². The fourth-order valence-corrected chi connectivity index (χ4v) is 3.86. The predicted octanol–water partition coefficient (Wildman–Crippen LogP) is 4.02. The van der Waals surface area contributed by atoms with Crippen molar-refractivity contribution in [1.82, 2.24) is 5.32 Å². The van der Waals surface area contributed by atoms with Crippen LogP contribution in [0.4, 0.5) is 5.69 Å². The first-order chi connectivity index (χ1) is 11.5. The standard InChI is InChI=1S/C18H17ClN2O2S/c1-11(12-5-4-6-13(19)9-12)20-17(22)10-16-18(23)21-14-7-2-3-8-15(14)24-16/h2-9,11,16H,10H2,1H3,(H,20,22)(H,21,23)/t11-,16+/m0/s1. The van der Waals surface area contributed by atoms with Crippen molar-refractivity contribution in [3.63, 3.8) is 0 Å². The second-order valence-electron chi connectivity index (χ2n) is 5.64. The third-order valence-corrected chi connectivity index (χ3v) is 5.31. The lowest BCUT2D eigenvalue weighted by atomic mass is 10.1. The number of hydrogen-bond donors (Lipinski definition) is 2. The quantitative estimate of drug-likeness (QED) is 0.865. The Morgan fingerprint density at radius 2 is 2.08 bits per heavy atom. The molecule has 4 nitrogen and oxygen atoms in total. The minimum atomic E-state index is -0.425. The maximum Gasteiger partial charge on any atom is 0.238 e. The molecule has 0 fully saturated rings. The number of hydrogen-bond acceptors (Lipinski definition) is 3. The number of carbonyl (C=O) groups excluding carboxylic acids is 2. The minimum absolute atomic E-state index is 0.135. The lowest BCUT2D eigenvalue weighted by Crippen LogP contribution is -2.35. The molecule has 0 saturated heterocycles. The van der Waals surface area contributed by atoms with E-state index in [1.54, 1.807) is 6.07 Å². The van der Waals surface area contributed by atoms with Crippen molar-refractivity contribution < 1.29 is 9.59 Å². The third kappa shape index (κ3) is 3.91. The fourth-order valence-electron chi connectivity index (χ4n) is 2.56. The Kier molecular flexibility index (Phi) is 5.11. The highest BCUT2D eigenvalue weighted by atomic mass is 35.5. The Balaban J connectivity index is 1.62. The summed E-state index contributed by atoms with van der Waals surface area (Å²) in [5.41, 5.74) is 1.73. The van der Waals surface area contributed by atoms with Gasteiger partial charge in [-0.3, -0.25) is 9.59 Å². The van der Waals surface area contributed by atoms with Gasteiger partial charge in [0.25, 0.3) is 0 Å². The Morgan fingerprint density at radius 3 is 2.88 bits per heavy atom. The molecule has 2 atom stereocenters. The van der Waals surface area contributed by atoms with Gasteiger partial charge in [-0.2, -0.15) is 0 Å². The van der Waals surface area contributed by atoms with Gasteiger partial charge in [0.2, 0.25) is 11.8 Å². The van der Waals surface area contributed by atoms with Crippen LogP contribution in [0.2, 0.25) is 5.02 Å². The summed E-state index contributed by atoms with van der Waals surface area (Å²) in [4.78, 5) is 25.4. The first-order valence-electron chi connectivity index (χ1n) is 7.64. The Hall–Kier alpha value is -1.98. The lowest BCUT2D eigenvalue weighted by molar-refractivity contribution is -0.124. The molecule has 0 radical (unpaired) electrons. The van der Waals surface area contributed by atoms with E-state index >= 15 is 0 Å². The number of carbonyl (C=O) groups is 2. The number of thioether (sulfide) groups is 1. The second-order valence-corrected chi connectivity index (χ2v) is 7.32. The van der Waals surface area contributed by atoms with E-state index in [0.29, 0.717) is 5.02 Å². The number of rotatable bonds is 4. The van der Waals surface area contributed by atoms with E-state index in [9.17, 15) is 9.59 Å². The van der Waals surface area contributed by atoms with Crippen molar-refractivity contribution in [2.45, 2.75) is 29.5 Å². The van der Waals surface area contributed by atoms with E-state index in [2.05, 4.69) is 10.6 Å². The number of amides is 2. The number of anilines is 1. The summed E-state index contributed by atoms with van der Waals surface area (Å²) >= 11 is 7.40. The van der Waals surface area contributed by atoms with Crippen molar-refractivity contribution in [3.05, 3.63) is 59.1 Å². The predicted molar refractivity (Wildman–Crippen MR) is 97.3 cm³/mol. The molecule has 2 aromatic carbocycles. The molecule has 1 aliphatic heterocycles. The SMILES string of the molecule is C[C@H](NC(=O)C[C@H]1Sc2ccccc2NC1=O)c1cccc(Cl)c1. The highest BCUT2D eigenvalue weighted by molar-refractivity contribution is 8.01. The molecule has 0 aliphatic carbocycles. The van der Waals surface area contributed by atoms with Gasteiger partial charge < -0.3 is 10.6 Å². The maximum absolute atomic E-state index is 12.3. The van der Waals surface area contributed by atoms with Crippen molar-refractivity contribution in [2.75, 3.05) is 5.32 Å². The molecule has 1 aliphatic rings. The molecule has 0 unspecified atom stereocenters. The Morgan fingerprint density at radius 1 is 1.29 bits per heavy atom. The average Bonchev–Trinajstić information content (AvgIpc) is 2.55. The normalized spacial score (nSPS) is 17.6. The molecule has 0 bridgehead atoms. The monoisotopic (exact) mass is 360 g/mol. The van der Waals surface area contributed by atoms with Gasteiger partial charge in [-0.15, -0.1) is 11.8 Å². The second kappa shape index (κ2) is 7.28. The molecule has 0 spiro atoms. The van der Waals surface area contributed by atoms with Gasteiger partial charge in [0.05, 0.1) is 17.0 Å². The van der Waals surface area contributed by atoms with Crippen LogP contribution in [0.25, 0.3) is 0 Å². The summed E-state index contributed by atoms with van der Waals surface area (Å²) in [6.45, 7) is 1.90. The topological polar surface area (TPSA) is 58.2 Å². The number of fused-ring (bicyclic) bond motifs is 1. The molecule has 124 valence electrons. The summed E-state index contributed by atoms with van der Waals surface area (Å²) in [5, 5.41) is 5.98. The van der Waals surface area contributed by atoms with Gasteiger partial charge in [0.1, 0.15) is 0 Å². The Bertz CT molecular complexity index is 781. The third-order valence-electron chi connectivity index (χ3n) is 3.80. The molecular weight excluding hydrogens is 344 g/mol. The van der Waals surface area contributed by atoms with Gasteiger partial charge >= 0.3 is 0 Å². The molecule has 2 amide bonds. The Labute approximate surface area is 150 Å². The van der Waals surface area contributed by atoms with E-state index in [1.807, 2.05) is 49.4 Å². The van der Waals surface area contributed by atoms with Crippen molar-refractivity contribution in [2.24, 2.45) is 0 Å². The molecule has 0 saturated carbocycles. The largest absolute Gasteiger partial charge is 0.350 e. The van der Waals surface area contributed by atoms with Gasteiger partial charge in [-0.05, 0) is 36.8 Å². The molecule has 3 rings (SSSR count). The summed E-state index contributed by atoms with van der Waals surface area (Å²) in [7, 11) is 0. The molecule has 2 N–H and O–H groups in total. The van der Waals surface area contributed by atoms with Gasteiger partial charge in [-0.1, -0.05) is 35.9 Å².